The minimum absolute atomic E-state index is 0.00710. The van der Waals surface area contributed by atoms with E-state index >= 15 is 0 Å². The predicted molar refractivity (Wildman–Crippen MR) is 128 cm³/mol. The zero-order valence-electron chi connectivity index (χ0n) is 18.6. The summed E-state index contributed by atoms with van der Waals surface area (Å²) in [4.78, 5) is 13.0. The van der Waals surface area contributed by atoms with Crippen LogP contribution in [0.15, 0.2) is 78.0 Å². The number of nitrogens with zero attached hydrogens (tertiary/aromatic N) is 2. The Bertz CT molecular complexity index is 1530. The molecule has 1 N–H and O–H groups in total. The molecule has 3 fully saturated rings. The quantitative estimate of drug-likeness (QED) is 0.453. The van der Waals surface area contributed by atoms with Gasteiger partial charge in [0.25, 0.3) is 15.9 Å². The van der Waals surface area contributed by atoms with Gasteiger partial charge in [0, 0.05) is 23.3 Å². The van der Waals surface area contributed by atoms with Crippen LogP contribution in [0.4, 0.5) is 0 Å². The molecule has 172 valence electrons. The highest BCUT2D eigenvalue weighted by molar-refractivity contribution is 7.90. The number of sulfonamides is 1. The first-order chi connectivity index (χ1) is 16.4. The molecule has 2 bridgehead atoms. The number of amides is 1. The standard InChI is InChI=1S/C26H23N3O4S/c1-33-23-9-7-20(26-14-17(15-26)16-26)13-24(23)34(31,32)28-25(30)19-6-8-21-18(12-19)4-2-5-22(21)29-11-3-10-27-29/h2-13,17H,14-16H2,1H3,(H,28,30). The number of carbonyl (C=O) groups excluding carboxylic acids is 1. The van der Waals surface area contributed by atoms with Crippen LogP contribution in [0.5, 0.6) is 5.75 Å². The summed E-state index contributed by atoms with van der Waals surface area (Å²) in [6.45, 7) is 0. The first-order valence-electron chi connectivity index (χ1n) is 11.2. The second kappa shape index (κ2) is 7.43. The number of hydrogen-bond acceptors (Lipinski definition) is 5. The second-order valence-corrected chi connectivity index (χ2v) is 10.9. The van der Waals surface area contributed by atoms with Gasteiger partial charge < -0.3 is 4.74 Å². The number of aromatic nitrogens is 2. The normalized spacial score (nSPS) is 20.9. The van der Waals surface area contributed by atoms with E-state index in [9.17, 15) is 13.2 Å². The third kappa shape index (κ3) is 3.20. The van der Waals surface area contributed by atoms with E-state index < -0.39 is 15.9 Å². The Labute approximate surface area is 197 Å². The van der Waals surface area contributed by atoms with Crippen LogP contribution >= 0.6 is 0 Å². The summed E-state index contributed by atoms with van der Waals surface area (Å²) in [6.07, 6.45) is 6.84. The summed E-state index contributed by atoms with van der Waals surface area (Å²) >= 11 is 0. The van der Waals surface area contributed by atoms with Crippen molar-refractivity contribution < 1.29 is 17.9 Å². The number of methoxy groups -OCH3 is 1. The van der Waals surface area contributed by atoms with E-state index in [0.717, 1.165) is 47.2 Å². The number of fused-ring (bicyclic) bond motifs is 1. The van der Waals surface area contributed by atoms with Crippen LogP contribution in [-0.2, 0) is 15.4 Å². The van der Waals surface area contributed by atoms with Gasteiger partial charge >= 0.3 is 0 Å². The van der Waals surface area contributed by atoms with Gasteiger partial charge in [0.15, 0.2) is 0 Å². The van der Waals surface area contributed by atoms with Crippen molar-refractivity contribution in [2.24, 2.45) is 5.92 Å². The van der Waals surface area contributed by atoms with Crippen molar-refractivity contribution in [3.63, 3.8) is 0 Å². The van der Waals surface area contributed by atoms with Gasteiger partial charge in [0.05, 0.1) is 12.8 Å². The summed E-state index contributed by atoms with van der Waals surface area (Å²) in [5.41, 5.74) is 2.22. The molecular weight excluding hydrogens is 450 g/mol. The molecule has 3 aliphatic carbocycles. The summed E-state index contributed by atoms with van der Waals surface area (Å²) < 4.78 is 35.8. The maximum Gasteiger partial charge on any atom is 0.268 e. The van der Waals surface area contributed by atoms with E-state index in [1.165, 1.54) is 7.11 Å². The average Bonchev–Trinajstić information content (AvgIpc) is 3.30. The van der Waals surface area contributed by atoms with E-state index in [0.29, 0.717) is 0 Å². The third-order valence-corrected chi connectivity index (χ3v) is 8.55. The number of ether oxygens (including phenoxy) is 1. The van der Waals surface area contributed by atoms with Crippen molar-refractivity contribution in [1.29, 1.82) is 0 Å². The topological polar surface area (TPSA) is 90.3 Å². The summed E-state index contributed by atoms with van der Waals surface area (Å²) in [7, 11) is -2.71. The SMILES string of the molecule is COc1ccc(C23CC(C2)C3)cc1S(=O)(=O)NC(=O)c1ccc2c(-n3cccn3)cccc2c1. The molecule has 0 aliphatic heterocycles. The van der Waals surface area contributed by atoms with Crippen LogP contribution in [0.2, 0.25) is 0 Å². The molecule has 3 aromatic carbocycles. The smallest absolute Gasteiger partial charge is 0.268 e. The summed E-state index contributed by atoms with van der Waals surface area (Å²) in [5, 5.41) is 5.98. The van der Waals surface area contributed by atoms with E-state index in [2.05, 4.69) is 9.82 Å². The number of carbonyl (C=O) groups is 1. The van der Waals surface area contributed by atoms with Crippen LogP contribution < -0.4 is 9.46 Å². The molecule has 4 aromatic rings. The highest BCUT2D eigenvalue weighted by Gasteiger charge is 2.57. The van der Waals surface area contributed by atoms with Gasteiger partial charge in [0.2, 0.25) is 0 Å². The lowest BCUT2D eigenvalue weighted by Crippen LogP contribution is -2.55. The van der Waals surface area contributed by atoms with Gasteiger partial charge in [-0.3, -0.25) is 4.79 Å². The van der Waals surface area contributed by atoms with Gasteiger partial charge in [-0.05, 0) is 77.9 Å². The molecule has 3 saturated carbocycles. The second-order valence-electron chi connectivity index (χ2n) is 9.22. The van der Waals surface area contributed by atoms with Crippen LogP contribution in [0.3, 0.4) is 0 Å². The summed E-state index contributed by atoms with van der Waals surface area (Å²) in [6, 6.07) is 17.9. The number of nitrogens with one attached hydrogen (secondary N) is 1. The molecule has 7 rings (SSSR count). The summed E-state index contributed by atoms with van der Waals surface area (Å²) in [5.74, 6) is 0.297. The molecule has 1 aromatic heterocycles. The predicted octanol–water partition coefficient (Wildman–Crippen LogP) is 4.20. The Morgan fingerprint density at radius 1 is 1.09 bits per heavy atom. The van der Waals surface area contributed by atoms with Crippen LogP contribution in [0.1, 0.15) is 35.2 Å². The average molecular weight is 474 g/mol. The van der Waals surface area contributed by atoms with Crippen LogP contribution in [-0.4, -0.2) is 31.2 Å². The molecule has 0 spiro atoms. The number of rotatable bonds is 6. The maximum absolute atomic E-state index is 13.2. The van der Waals surface area contributed by atoms with Gasteiger partial charge in [-0.25, -0.2) is 17.8 Å². The molecule has 0 atom stereocenters. The van der Waals surface area contributed by atoms with Crippen molar-refractivity contribution >= 4 is 26.7 Å². The Hall–Kier alpha value is -3.65. The van der Waals surface area contributed by atoms with Crippen molar-refractivity contribution in [3.8, 4) is 11.4 Å². The molecule has 8 heteroatoms. The fraction of sp³-hybridized carbons (Fsp3) is 0.231. The molecule has 1 heterocycles. The van der Waals surface area contributed by atoms with Crippen molar-refractivity contribution in [3.05, 3.63) is 84.2 Å². The highest BCUT2D eigenvalue weighted by atomic mass is 32.2. The molecule has 1 amide bonds. The van der Waals surface area contributed by atoms with E-state index in [-0.39, 0.29) is 21.6 Å². The highest BCUT2D eigenvalue weighted by Crippen LogP contribution is 2.65. The Morgan fingerprint density at radius 2 is 1.91 bits per heavy atom. The Balaban J connectivity index is 1.31. The van der Waals surface area contributed by atoms with Gasteiger partial charge in [-0.15, -0.1) is 0 Å². The Morgan fingerprint density at radius 3 is 2.59 bits per heavy atom. The van der Waals surface area contributed by atoms with E-state index in [1.807, 2.05) is 36.5 Å². The monoisotopic (exact) mass is 473 g/mol. The molecule has 34 heavy (non-hydrogen) atoms. The number of benzene rings is 3. The largest absolute Gasteiger partial charge is 0.495 e. The third-order valence-electron chi connectivity index (χ3n) is 7.20. The zero-order chi connectivity index (χ0) is 23.5. The van der Waals surface area contributed by atoms with E-state index in [4.69, 9.17) is 4.74 Å². The maximum atomic E-state index is 13.2. The van der Waals surface area contributed by atoms with Crippen molar-refractivity contribution in [1.82, 2.24) is 14.5 Å². The lowest BCUT2D eigenvalue weighted by molar-refractivity contribution is -0.0275. The lowest BCUT2D eigenvalue weighted by atomic mass is 9.42. The molecule has 0 saturated heterocycles. The Kier molecular flexibility index (Phi) is 4.57. The fourth-order valence-corrected chi connectivity index (χ4v) is 6.47. The minimum atomic E-state index is -4.14. The fourth-order valence-electron chi connectivity index (χ4n) is 5.30. The first-order valence-corrected chi connectivity index (χ1v) is 12.7. The van der Waals surface area contributed by atoms with Gasteiger partial charge in [0.1, 0.15) is 10.6 Å². The van der Waals surface area contributed by atoms with Crippen molar-refractivity contribution in [2.75, 3.05) is 7.11 Å². The van der Waals surface area contributed by atoms with Crippen LogP contribution in [0.25, 0.3) is 16.5 Å². The molecule has 7 nitrogen and oxygen atoms in total. The molecular formula is C26H23N3O4S. The lowest BCUT2D eigenvalue weighted by Gasteiger charge is -2.62. The van der Waals surface area contributed by atoms with E-state index in [1.54, 1.807) is 41.2 Å². The first kappa shape index (κ1) is 20.9. The molecule has 0 radical (unpaired) electrons. The van der Waals surface area contributed by atoms with Gasteiger partial charge in [-0.1, -0.05) is 24.3 Å². The van der Waals surface area contributed by atoms with Crippen molar-refractivity contribution in [2.45, 2.75) is 29.6 Å². The van der Waals surface area contributed by atoms with Crippen LogP contribution in [0, 0.1) is 5.92 Å². The van der Waals surface area contributed by atoms with Gasteiger partial charge in [-0.2, -0.15) is 5.10 Å². The minimum Gasteiger partial charge on any atom is -0.495 e. The number of hydrogen-bond donors (Lipinski definition) is 1. The molecule has 3 aliphatic rings. The zero-order valence-corrected chi connectivity index (χ0v) is 19.4. The molecule has 0 unspecified atom stereocenters.